The third-order valence-electron chi connectivity index (χ3n) is 6.41. The summed E-state index contributed by atoms with van der Waals surface area (Å²) >= 11 is 6.28. The molecular formula is C24H22ClN7O. The maximum atomic E-state index is 10.0. The number of imidazole rings is 2. The average Bonchev–Trinajstić information content (AvgIpc) is 3.39. The van der Waals surface area contributed by atoms with Gasteiger partial charge in [-0.25, -0.2) is 15.0 Å². The second-order valence-electron chi connectivity index (χ2n) is 8.52. The van der Waals surface area contributed by atoms with Crippen molar-refractivity contribution < 1.29 is 5.11 Å². The van der Waals surface area contributed by atoms with Gasteiger partial charge in [-0.3, -0.25) is 9.55 Å². The van der Waals surface area contributed by atoms with Gasteiger partial charge < -0.3 is 9.67 Å². The van der Waals surface area contributed by atoms with E-state index in [0.717, 1.165) is 65.0 Å². The molecule has 1 saturated carbocycles. The van der Waals surface area contributed by atoms with Crippen LogP contribution >= 0.6 is 11.6 Å². The minimum Gasteiger partial charge on any atom is -0.393 e. The molecule has 1 fully saturated rings. The number of hydrogen-bond acceptors (Lipinski definition) is 6. The molecule has 0 bridgehead atoms. The van der Waals surface area contributed by atoms with E-state index in [0.29, 0.717) is 11.0 Å². The lowest BCUT2D eigenvalue weighted by atomic mass is 9.93. The Hall–Kier alpha value is -3.36. The van der Waals surface area contributed by atoms with Gasteiger partial charge in [0.05, 0.1) is 17.1 Å². The number of pyridine rings is 1. The van der Waals surface area contributed by atoms with Gasteiger partial charge in [0.2, 0.25) is 5.95 Å². The van der Waals surface area contributed by atoms with Crippen LogP contribution in [0, 0.1) is 6.92 Å². The highest BCUT2D eigenvalue weighted by atomic mass is 35.5. The van der Waals surface area contributed by atoms with Crippen LogP contribution in [-0.4, -0.2) is 45.3 Å². The zero-order valence-corrected chi connectivity index (χ0v) is 18.8. The van der Waals surface area contributed by atoms with Gasteiger partial charge in [-0.1, -0.05) is 11.6 Å². The lowest BCUT2D eigenvalue weighted by Gasteiger charge is -2.27. The molecule has 0 amide bonds. The number of aryl methyl sites for hydroxylation is 1. The number of rotatable bonds is 3. The summed E-state index contributed by atoms with van der Waals surface area (Å²) in [5, 5.41) is 10.6. The first-order chi connectivity index (χ1) is 16.1. The minimum absolute atomic E-state index is 0.226. The molecule has 0 saturated heterocycles. The zero-order chi connectivity index (χ0) is 22.5. The summed E-state index contributed by atoms with van der Waals surface area (Å²) in [7, 11) is 0. The monoisotopic (exact) mass is 459 g/mol. The van der Waals surface area contributed by atoms with Crippen molar-refractivity contribution >= 4 is 33.8 Å². The number of benzene rings is 1. The molecule has 9 heteroatoms. The highest BCUT2D eigenvalue weighted by Crippen LogP contribution is 2.35. The molecule has 33 heavy (non-hydrogen) atoms. The normalized spacial score (nSPS) is 18.9. The molecule has 166 valence electrons. The van der Waals surface area contributed by atoms with Gasteiger partial charge in [0.15, 0.2) is 5.65 Å². The van der Waals surface area contributed by atoms with Gasteiger partial charge in [0.1, 0.15) is 23.4 Å². The molecule has 0 unspecified atom stereocenters. The summed E-state index contributed by atoms with van der Waals surface area (Å²) in [5.74, 6) is 1.41. The van der Waals surface area contributed by atoms with Crippen molar-refractivity contribution in [2.45, 2.75) is 44.8 Å². The van der Waals surface area contributed by atoms with Crippen LogP contribution in [0.3, 0.4) is 0 Å². The number of aliphatic hydroxyl groups excluding tert-OH is 1. The molecule has 1 aliphatic rings. The maximum absolute atomic E-state index is 10.0. The minimum atomic E-state index is -0.226. The Balaban J connectivity index is 1.62. The van der Waals surface area contributed by atoms with E-state index in [1.807, 2.05) is 41.8 Å². The molecule has 0 atom stereocenters. The molecule has 0 radical (unpaired) electrons. The van der Waals surface area contributed by atoms with E-state index in [2.05, 4.69) is 14.5 Å². The molecule has 4 heterocycles. The van der Waals surface area contributed by atoms with Crippen LogP contribution < -0.4 is 0 Å². The first-order valence-corrected chi connectivity index (χ1v) is 11.4. The van der Waals surface area contributed by atoms with Gasteiger partial charge in [0, 0.05) is 29.0 Å². The van der Waals surface area contributed by atoms with Gasteiger partial charge in [-0.05, 0) is 62.9 Å². The van der Waals surface area contributed by atoms with E-state index in [-0.39, 0.29) is 12.1 Å². The molecule has 0 spiro atoms. The number of halogens is 1. The Morgan fingerprint density at radius 1 is 1.00 bits per heavy atom. The Bertz CT molecular complexity index is 1470. The Morgan fingerprint density at radius 2 is 1.79 bits per heavy atom. The molecule has 1 aliphatic carbocycles. The largest absolute Gasteiger partial charge is 0.393 e. The molecule has 1 N–H and O–H groups in total. The van der Waals surface area contributed by atoms with Crippen LogP contribution in [0.4, 0.5) is 0 Å². The number of aliphatic hydroxyl groups is 1. The van der Waals surface area contributed by atoms with E-state index in [4.69, 9.17) is 26.6 Å². The summed E-state index contributed by atoms with van der Waals surface area (Å²) in [5.41, 5.74) is 4.88. The van der Waals surface area contributed by atoms with E-state index in [1.165, 1.54) is 0 Å². The fourth-order valence-electron chi connectivity index (χ4n) is 4.78. The molecule has 6 rings (SSSR count). The molecule has 0 aliphatic heterocycles. The van der Waals surface area contributed by atoms with Crippen molar-refractivity contribution in [1.29, 1.82) is 0 Å². The second kappa shape index (κ2) is 7.90. The number of hydrogen-bond donors (Lipinski definition) is 1. The van der Waals surface area contributed by atoms with Crippen molar-refractivity contribution in [3.63, 3.8) is 0 Å². The maximum Gasteiger partial charge on any atom is 0.238 e. The topological polar surface area (TPSA) is 94.5 Å². The quantitative estimate of drug-likeness (QED) is 0.421. The van der Waals surface area contributed by atoms with Crippen molar-refractivity contribution in [3.05, 3.63) is 59.9 Å². The predicted molar refractivity (Wildman–Crippen MR) is 126 cm³/mol. The molecular weight excluding hydrogens is 438 g/mol. The summed E-state index contributed by atoms with van der Waals surface area (Å²) in [6.07, 6.45) is 8.35. The lowest BCUT2D eigenvalue weighted by Crippen LogP contribution is -2.22. The van der Waals surface area contributed by atoms with Crippen molar-refractivity contribution in [3.8, 4) is 17.2 Å². The second-order valence-corrected chi connectivity index (χ2v) is 8.96. The third-order valence-corrected chi connectivity index (χ3v) is 6.65. The molecule has 4 aromatic heterocycles. The number of aromatic nitrogens is 7. The van der Waals surface area contributed by atoms with Crippen LogP contribution in [0.1, 0.15) is 37.5 Å². The van der Waals surface area contributed by atoms with Crippen LogP contribution in [0.25, 0.3) is 39.4 Å². The fourth-order valence-corrected chi connectivity index (χ4v) is 4.95. The highest BCUT2D eigenvalue weighted by molar-refractivity contribution is 6.31. The Labute approximate surface area is 194 Å². The van der Waals surface area contributed by atoms with E-state index in [1.54, 1.807) is 18.7 Å². The zero-order valence-electron chi connectivity index (χ0n) is 18.1. The van der Waals surface area contributed by atoms with Crippen molar-refractivity contribution in [2.24, 2.45) is 0 Å². The summed E-state index contributed by atoms with van der Waals surface area (Å²) in [6.45, 7) is 2.01. The van der Waals surface area contributed by atoms with Crippen LogP contribution in [0.5, 0.6) is 0 Å². The molecule has 1 aromatic carbocycles. The summed E-state index contributed by atoms with van der Waals surface area (Å²) < 4.78 is 4.08. The Morgan fingerprint density at radius 3 is 2.58 bits per heavy atom. The first-order valence-electron chi connectivity index (χ1n) is 11.1. The standard InChI is InChI=1S/C24H22ClN7O/c1-14-28-22-21(15-8-10-26-11-9-15)29-24(31-13-27-19-7-2-16(25)12-20(19)31)30-23(22)32(14)17-3-5-18(33)6-4-17/h2,7-13,17-18,33H,3-6H2,1H3/t17-,18-. The lowest BCUT2D eigenvalue weighted by molar-refractivity contribution is 0.111. The summed E-state index contributed by atoms with van der Waals surface area (Å²) in [6, 6.07) is 9.68. The van der Waals surface area contributed by atoms with E-state index >= 15 is 0 Å². The number of fused-ring (bicyclic) bond motifs is 2. The predicted octanol–water partition coefficient (Wildman–Crippen LogP) is 4.67. The summed E-state index contributed by atoms with van der Waals surface area (Å²) in [4.78, 5) is 23.5. The smallest absolute Gasteiger partial charge is 0.238 e. The van der Waals surface area contributed by atoms with Gasteiger partial charge in [-0.2, -0.15) is 4.98 Å². The fraction of sp³-hybridized carbons (Fsp3) is 0.292. The van der Waals surface area contributed by atoms with Crippen LogP contribution in [-0.2, 0) is 0 Å². The van der Waals surface area contributed by atoms with E-state index in [9.17, 15) is 5.11 Å². The first kappa shape index (κ1) is 20.3. The van der Waals surface area contributed by atoms with Crippen molar-refractivity contribution in [1.82, 2.24) is 34.1 Å². The van der Waals surface area contributed by atoms with Gasteiger partial charge >= 0.3 is 0 Å². The van der Waals surface area contributed by atoms with Crippen LogP contribution in [0.15, 0.2) is 49.1 Å². The third kappa shape index (κ3) is 3.46. The molecule has 5 aromatic rings. The van der Waals surface area contributed by atoms with Gasteiger partial charge in [0.25, 0.3) is 0 Å². The van der Waals surface area contributed by atoms with Crippen molar-refractivity contribution in [2.75, 3.05) is 0 Å². The molecule has 8 nitrogen and oxygen atoms in total. The average molecular weight is 460 g/mol. The van der Waals surface area contributed by atoms with Gasteiger partial charge in [-0.15, -0.1) is 0 Å². The number of nitrogens with zero attached hydrogens (tertiary/aromatic N) is 7. The van der Waals surface area contributed by atoms with E-state index < -0.39 is 0 Å². The SMILES string of the molecule is Cc1nc2c(-c3ccncc3)nc(-n3cnc4ccc(Cl)cc43)nc2n1[C@H]1CC[C@H](O)CC1. The van der Waals surface area contributed by atoms with Crippen LogP contribution in [0.2, 0.25) is 5.02 Å². The Kier molecular flexibility index (Phi) is 4.85. The highest BCUT2D eigenvalue weighted by Gasteiger charge is 2.26.